The van der Waals surface area contributed by atoms with Crippen molar-refractivity contribution in [3.05, 3.63) is 29.6 Å². The van der Waals surface area contributed by atoms with Gasteiger partial charge in [0.15, 0.2) is 0 Å². The molecule has 1 aromatic carbocycles. The first-order valence-electron chi connectivity index (χ1n) is 6.47. The molecule has 1 aromatic rings. The Bertz CT molecular complexity index is 564. The highest BCUT2D eigenvalue weighted by Gasteiger charge is 2.24. The van der Waals surface area contributed by atoms with E-state index < -0.39 is 20.7 Å². The molecule has 0 saturated carbocycles. The number of hydrogen-bond acceptors (Lipinski definition) is 3. The zero-order chi connectivity index (χ0) is 15.6. The molecule has 1 unspecified atom stereocenters. The van der Waals surface area contributed by atoms with Crippen molar-refractivity contribution in [2.45, 2.75) is 39.2 Å². The van der Waals surface area contributed by atoms with Gasteiger partial charge < -0.3 is 5.11 Å². The highest BCUT2D eigenvalue weighted by Crippen LogP contribution is 2.25. The fourth-order valence-electron chi connectivity index (χ4n) is 1.47. The standard InChI is InChI=1S/C14H22FNO3S/c1-10(14(2,3)4)8-16-20(18,19)13-7-11(9-17)5-6-12(13)15/h5-7,10,16-17H,8-9H2,1-4H3. The van der Waals surface area contributed by atoms with Crippen LogP contribution in [0.25, 0.3) is 0 Å². The summed E-state index contributed by atoms with van der Waals surface area (Å²) in [5.74, 6) is -0.723. The molecular formula is C14H22FNO3S. The summed E-state index contributed by atoms with van der Waals surface area (Å²) in [5.41, 5.74) is 0.309. The van der Waals surface area contributed by atoms with Crippen LogP contribution in [0.5, 0.6) is 0 Å². The third-order valence-electron chi connectivity index (χ3n) is 3.53. The third-order valence-corrected chi connectivity index (χ3v) is 4.96. The van der Waals surface area contributed by atoms with Crippen LogP contribution < -0.4 is 4.72 Å². The molecule has 0 saturated heterocycles. The number of halogens is 1. The number of sulfonamides is 1. The van der Waals surface area contributed by atoms with E-state index in [4.69, 9.17) is 5.11 Å². The number of rotatable bonds is 5. The van der Waals surface area contributed by atoms with Gasteiger partial charge in [-0.3, -0.25) is 0 Å². The minimum absolute atomic E-state index is 0.0476. The smallest absolute Gasteiger partial charge is 0.243 e. The average Bonchev–Trinajstić information content (AvgIpc) is 2.35. The molecule has 0 aliphatic heterocycles. The van der Waals surface area contributed by atoms with Crippen LogP contribution in [0.3, 0.4) is 0 Å². The van der Waals surface area contributed by atoms with E-state index in [9.17, 15) is 12.8 Å². The van der Waals surface area contributed by atoms with Crippen LogP contribution >= 0.6 is 0 Å². The van der Waals surface area contributed by atoms with Crippen molar-refractivity contribution < 1.29 is 17.9 Å². The maximum Gasteiger partial charge on any atom is 0.243 e. The van der Waals surface area contributed by atoms with Crippen molar-refractivity contribution in [3.8, 4) is 0 Å². The fourth-order valence-corrected chi connectivity index (χ4v) is 2.73. The second-order valence-corrected chi connectivity index (χ2v) is 7.78. The van der Waals surface area contributed by atoms with Gasteiger partial charge in [-0.1, -0.05) is 33.8 Å². The van der Waals surface area contributed by atoms with Crippen LogP contribution in [-0.2, 0) is 16.6 Å². The first kappa shape index (κ1) is 17.1. The zero-order valence-corrected chi connectivity index (χ0v) is 13.1. The molecule has 0 aliphatic carbocycles. The monoisotopic (exact) mass is 303 g/mol. The fraction of sp³-hybridized carbons (Fsp3) is 0.571. The Morgan fingerprint density at radius 2 is 1.95 bits per heavy atom. The minimum atomic E-state index is -3.91. The Kier molecular flexibility index (Phi) is 5.29. The van der Waals surface area contributed by atoms with Crippen molar-refractivity contribution in [1.82, 2.24) is 4.72 Å². The summed E-state index contributed by atoms with van der Waals surface area (Å²) >= 11 is 0. The predicted molar refractivity (Wildman–Crippen MR) is 76.1 cm³/mol. The molecule has 0 fully saturated rings. The summed E-state index contributed by atoms with van der Waals surface area (Å²) < 4.78 is 40.3. The van der Waals surface area contributed by atoms with E-state index in [1.165, 1.54) is 6.07 Å². The highest BCUT2D eigenvalue weighted by atomic mass is 32.2. The van der Waals surface area contributed by atoms with Gasteiger partial charge in [0.2, 0.25) is 10.0 Å². The van der Waals surface area contributed by atoms with Gasteiger partial charge in [0.05, 0.1) is 6.61 Å². The summed E-state index contributed by atoms with van der Waals surface area (Å²) in [7, 11) is -3.91. The van der Waals surface area contributed by atoms with Crippen molar-refractivity contribution in [1.29, 1.82) is 0 Å². The van der Waals surface area contributed by atoms with Gasteiger partial charge in [-0.15, -0.1) is 0 Å². The van der Waals surface area contributed by atoms with Gasteiger partial charge in [0.1, 0.15) is 10.7 Å². The number of nitrogens with one attached hydrogen (secondary N) is 1. The number of benzene rings is 1. The SMILES string of the molecule is CC(CNS(=O)(=O)c1cc(CO)ccc1F)C(C)(C)C. The lowest BCUT2D eigenvalue weighted by Gasteiger charge is -2.27. The Labute approximate surface area is 120 Å². The van der Waals surface area contributed by atoms with E-state index in [0.717, 1.165) is 12.1 Å². The van der Waals surface area contributed by atoms with Crippen LogP contribution in [0.15, 0.2) is 23.1 Å². The zero-order valence-electron chi connectivity index (χ0n) is 12.3. The van der Waals surface area contributed by atoms with Gasteiger partial charge in [0, 0.05) is 6.54 Å². The van der Waals surface area contributed by atoms with Gasteiger partial charge in [-0.25, -0.2) is 17.5 Å². The Morgan fingerprint density at radius 1 is 1.35 bits per heavy atom. The van der Waals surface area contributed by atoms with E-state index in [1.54, 1.807) is 0 Å². The second kappa shape index (κ2) is 6.20. The molecule has 0 spiro atoms. The van der Waals surface area contributed by atoms with Crippen molar-refractivity contribution in [2.24, 2.45) is 11.3 Å². The lowest BCUT2D eigenvalue weighted by molar-refractivity contribution is 0.263. The summed E-state index contributed by atoms with van der Waals surface area (Å²) in [6.45, 7) is 7.87. The largest absolute Gasteiger partial charge is 0.392 e. The molecule has 0 aliphatic rings. The number of hydrogen-bond donors (Lipinski definition) is 2. The molecule has 20 heavy (non-hydrogen) atoms. The molecule has 4 nitrogen and oxygen atoms in total. The summed E-state index contributed by atoms with van der Waals surface area (Å²) in [6.07, 6.45) is 0. The van der Waals surface area contributed by atoms with E-state index in [1.807, 2.05) is 27.7 Å². The van der Waals surface area contributed by atoms with E-state index in [-0.39, 0.29) is 24.5 Å². The molecule has 0 radical (unpaired) electrons. The molecule has 0 aromatic heterocycles. The van der Waals surface area contributed by atoms with Gasteiger partial charge in [0.25, 0.3) is 0 Å². The van der Waals surface area contributed by atoms with Gasteiger partial charge in [-0.05, 0) is 29.0 Å². The van der Waals surface area contributed by atoms with Crippen LogP contribution in [0.1, 0.15) is 33.3 Å². The molecule has 0 amide bonds. The minimum Gasteiger partial charge on any atom is -0.392 e. The Hall–Kier alpha value is -0.980. The topological polar surface area (TPSA) is 66.4 Å². The van der Waals surface area contributed by atoms with Crippen molar-refractivity contribution >= 4 is 10.0 Å². The van der Waals surface area contributed by atoms with E-state index in [2.05, 4.69) is 4.72 Å². The van der Waals surface area contributed by atoms with Crippen molar-refractivity contribution in [3.63, 3.8) is 0 Å². The van der Waals surface area contributed by atoms with E-state index >= 15 is 0 Å². The van der Waals surface area contributed by atoms with Gasteiger partial charge in [-0.2, -0.15) is 0 Å². The lowest BCUT2D eigenvalue weighted by Crippen LogP contribution is -2.34. The van der Waals surface area contributed by atoms with Crippen LogP contribution in [0, 0.1) is 17.2 Å². The predicted octanol–water partition coefficient (Wildman–Crippen LogP) is 2.28. The maximum absolute atomic E-state index is 13.7. The normalized spacial score (nSPS) is 14.3. The maximum atomic E-state index is 13.7. The summed E-state index contributed by atoms with van der Waals surface area (Å²) in [5, 5.41) is 9.01. The summed E-state index contributed by atoms with van der Waals surface area (Å²) in [6, 6.07) is 3.55. The number of aliphatic hydroxyl groups excluding tert-OH is 1. The third kappa shape index (κ3) is 4.26. The molecule has 6 heteroatoms. The first-order chi connectivity index (χ1) is 9.08. The molecule has 1 rings (SSSR count). The molecule has 0 heterocycles. The average molecular weight is 303 g/mol. The summed E-state index contributed by atoms with van der Waals surface area (Å²) in [4.78, 5) is -0.426. The quantitative estimate of drug-likeness (QED) is 0.877. The van der Waals surface area contributed by atoms with Crippen LogP contribution in [-0.4, -0.2) is 20.1 Å². The number of aliphatic hydroxyl groups is 1. The molecule has 114 valence electrons. The second-order valence-electron chi connectivity index (χ2n) is 6.04. The van der Waals surface area contributed by atoms with Crippen LogP contribution in [0.4, 0.5) is 4.39 Å². The Morgan fingerprint density at radius 3 is 2.45 bits per heavy atom. The lowest BCUT2D eigenvalue weighted by atomic mass is 9.82. The van der Waals surface area contributed by atoms with Crippen molar-refractivity contribution in [2.75, 3.05) is 6.54 Å². The van der Waals surface area contributed by atoms with E-state index in [0.29, 0.717) is 5.56 Å². The molecule has 2 N–H and O–H groups in total. The molecule has 0 bridgehead atoms. The first-order valence-corrected chi connectivity index (χ1v) is 7.95. The van der Waals surface area contributed by atoms with Gasteiger partial charge >= 0.3 is 0 Å². The molecular weight excluding hydrogens is 281 g/mol. The Balaban J connectivity index is 2.95. The molecule has 1 atom stereocenters. The highest BCUT2D eigenvalue weighted by molar-refractivity contribution is 7.89. The van der Waals surface area contributed by atoms with Crippen LogP contribution in [0.2, 0.25) is 0 Å².